The van der Waals surface area contributed by atoms with Gasteiger partial charge in [0.15, 0.2) is 0 Å². The van der Waals surface area contributed by atoms with Crippen LogP contribution in [0, 0.1) is 5.92 Å². The highest BCUT2D eigenvalue weighted by Crippen LogP contribution is 2.13. The molecule has 2 N–H and O–H groups in total. The van der Waals surface area contributed by atoms with Crippen molar-refractivity contribution in [3.8, 4) is 5.75 Å². The van der Waals surface area contributed by atoms with Crippen molar-refractivity contribution in [2.24, 2.45) is 5.92 Å². The van der Waals surface area contributed by atoms with Gasteiger partial charge in [0.1, 0.15) is 5.75 Å². The standard InChI is InChI=1S/C22H28N2O3/c1-17(2)13-15-27-20-10-8-19(9-11-20)22(26)24-16-21(25)23-14-12-18-6-4-3-5-7-18/h3-11,17H,12-16H2,1-2H3,(H,23,25)(H,24,26). The van der Waals surface area contributed by atoms with E-state index < -0.39 is 0 Å². The molecule has 0 aliphatic carbocycles. The van der Waals surface area contributed by atoms with Gasteiger partial charge in [0.2, 0.25) is 5.91 Å². The predicted molar refractivity (Wildman–Crippen MR) is 107 cm³/mol. The number of hydrogen-bond acceptors (Lipinski definition) is 3. The zero-order valence-electron chi connectivity index (χ0n) is 16.0. The molecular weight excluding hydrogens is 340 g/mol. The third-order valence-electron chi connectivity index (χ3n) is 4.07. The first-order valence-electron chi connectivity index (χ1n) is 9.36. The van der Waals surface area contributed by atoms with Gasteiger partial charge < -0.3 is 15.4 Å². The summed E-state index contributed by atoms with van der Waals surface area (Å²) >= 11 is 0. The zero-order chi connectivity index (χ0) is 19.5. The third kappa shape index (κ3) is 7.94. The summed E-state index contributed by atoms with van der Waals surface area (Å²) in [6, 6.07) is 16.9. The molecule has 0 aliphatic heterocycles. The lowest BCUT2D eigenvalue weighted by atomic mass is 10.1. The Morgan fingerprint density at radius 2 is 1.67 bits per heavy atom. The maximum Gasteiger partial charge on any atom is 0.251 e. The van der Waals surface area contributed by atoms with Gasteiger partial charge in [-0.3, -0.25) is 9.59 Å². The van der Waals surface area contributed by atoms with Crippen molar-refractivity contribution in [2.75, 3.05) is 19.7 Å². The highest BCUT2D eigenvalue weighted by atomic mass is 16.5. The molecule has 2 rings (SSSR count). The van der Waals surface area contributed by atoms with Crippen LogP contribution in [0.3, 0.4) is 0 Å². The lowest BCUT2D eigenvalue weighted by Gasteiger charge is -2.09. The van der Waals surface area contributed by atoms with Gasteiger partial charge in [-0.25, -0.2) is 0 Å². The molecule has 27 heavy (non-hydrogen) atoms. The highest BCUT2D eigenvalue weighted by molar-refractivity contribution is 5.96. The first-order chi connectivity index (χ1) is 13.0. The Morgan fingerprint density at radius 3 is 2.33 bits per heavy atom. The van der Waals surface area contributed by atoms with Gasteiger partial charge >= 0.3 is 0 Å². The second-order valence-corrected chi connectivity index (χ2v) is 6.82. The van der Waals surface area contributed by atoms with Crippen molar-refractivity contribution in [3.05, 3.63) is 65.7 Å². The van der Waals surface area contributed by atoms with Gasteiger partial charge in [-0.2, -0.15) is 0 Å². The quantitative estimate of drug-likeness (QED) is 0.677. The van der Waals surface area contributed by atoms with Crippen LogP contribution in [0.15, 0.2) is 54.6 Å². The topological polar surface area (TPSA) is 67.4 Å². The highest BCUT2D eigenvalue weighted by Gasteiger charge is 2.08. The number of rotatable bonds is 10. The first kappa shape index (κ1) is 20.5. The van der Waals surface area contributed by atoms with Gasteiger partial charge in [0, 0.05) is 12.1 Å². The fourth-order valence-corrected chi connectivity index (χ4v) is 2.43. The van der Waals surface area contributed by atoms with Crippen LogP contribution in [0.25, 0.3) is 0 Å². The van der Waals surface area contributed by atoms with E-state index in [1.165, 1.54) is 0 Å². The Bertz CT molecular complexity index is 712. The summed E-state index contributed by atoms with van der Waals surface area (Å²) in [5.41, 5.74) is 1.67. The molecule has 5 nitrogen and oxygen atoms in total. The van der Waals surface area contributed by atoms with Crippen molar-refractivity contribution in [3.63, 3.8) is 0 Å². The summed E-state index contributed by atoms with van der Waals surface area (Å²) in [6.45, 7) is 5.46. The van der Waals surface area contributed by atoms with E-state index in [-0.39, 0.29) is 18.4 Å². The largest absolute Gasteiger partial charge is 0.494 e. The summed E-state index contributed by atoms with van der Waals surface area (Å²) < 4.78 is 5.63. The first-order valence-corrected chi connectivity index (χ1v) is 9.36. The van der Waals surface area contributed by atoms with Crippen LogP contribution in [0.4, 0.5) is 0 Å². The molecule has 2 aromatic carbocycles. The summed E-state index contributed by atoms with van der Waals surface area (Å²) in [6.07, 6.45) is 1.75. The van der Waals surface area contributed by atoms with E-state index in [1.807, 2.05) is 30.3 Å². The molecule has 0 radical (unpaired) electrons. The predicted octanol–water partition coefficient (Wildman–Crippen LogP) is 3.20. The second-order valence-electron chi connectivity index (χ2n) is 6.82. The van der Waals surface area contributed by atoms with E-state index in [1.54, 1.807) is 24.3 Å². The number of benzene rings is 2. The number of ether oxygens (including phenoxy) is 1. The molecule has 2 aromatic rings. The number of amides is 2. The molecule has 0 bridgehead atoms. The minimum atomic E-state index is -0.276. The van der Waals surface area contributed by atoms with E-state index >= 15 is 0 Å². The minimum Gasteiger partial charge on any atom is -0.494 e. The fourth-order valence-electron chi connectivity index (χ4n) is 2.43. The van der Waals surface area contributed by atoms with Crippen LogP contribution in [-0.2, 0) is 11.2 Å². The Kier molecular flexibility index (Phi) is 8.36. The average molecular weight is 368 g/mol. The lowest BCUT2D eigenvalue weighted by molar-refractivity contribution is -0.120. The van der Waals surface area contributed by atoms with E-state index in [4.69, 9.17) is 4.74 Å². The van der Waals surface area contributed by atoms with Gasteiger partial charge in [-0.05, 0) is 48.6 Å². The Labute approximate surface area is 161 Å². The number of carbonyl (C=O) groups excluding carboxylic acids is 2. The van der Waals surface area contributed by atoms with Crippen molar-refractivity contribution >= 4 is 11.8 Å². The molecule has 5 heteroatoms. The second kappa shape index (κ2) is 11.0. The lowest BCUT2D eigenvalue weighted by Crippen LogP contribution is -2.37. The van der Waals surface area contributed by atoms with Crippen LogP contribution >= 0.6 is 0 Å². The summed E-state index contributed by atoms with van der Waals surface area (Å²) in [7, 11) is 0. The van der Waals surface area contributed by atoms with E-state index in [9.17, 15) is 9.59 Å². The van der Waals surface area contributed by atoms with Crippen molar-refractivity contribution < 1.29 is 14.3 Å². The normalized spacial score (nSPS) is 10.5. The molecule has 0 heterocycles. The van der Waals surface area contributed by atoms with Crippen molar-refractivity contribution in [1.82, 2.24) is 10.6 Å². The number of carbonyl (C=O) groups is 2. The maximum atomic E-state index is 12.1. The molecule has 0 atom stereocenters. The van der Waals surface area contributed by atoms with Gasteiger partial charge in [-0.15, -0.1) is 0 Å². The van der Waals surface area contributed by atoms with E-state index in [0.29, 0.717) is 24.6 Å². The molecule has 0 fully saturated rings. The number of nitrogens with one attached hydrogen (secondary N) is 2. The summed E-state index contributed by atoms with van der Waals surface area (Å²) in [4.78, 5) is 24.0. The molecule has 0 saturated carbocycles. The summed E-state index contributed by atoms with van der Waals surface area (Å²) in [5.74, 6) is 0.856. The van der Waals surface area contributed by atoms with Gasteiger partial charge in [0.05, 0.1) is 13.2 Å². The van der Waals surface area contributed by atoms with Crippen molar-refractivity contribution in [1.29, 1.82) is 0 Å². The Morgan fingerprint density at radius 1 is 0.963 bits per heavy atom. The van der Waals surface area contributed by atoms with E-state index in [0.717, 1.165) is 24.2 Å². The Balaban J connectivity index is 1.67. The Hall–Kier alpha value is -2.82. The molecule has 0 saturated heterocycles. The van der Waals surface area contributed by atoms with E-state index in [2.05, 4.69) is 24.5 Å². The van der Waals surface area contributed by atoms with Gasteiger partial charge in [0.25, 0.3) is 5.91 Å². The zero-order valence-corrected chi connectivity index (χ0v) is 16.0. The monoisotopic (exact) mass is 368 g/mol. The smallest absolute Gasteiger partial charge is 0.251 e. The summed E-state index contributed by atoms with van der Waals surface area (Å²) in [5, 5.41) is 5.44. The molecule has 0 aromatic heterocycles. The molecule has 0 unspecified atom stereocenters. The maximum absolute atomic E-state index is 12.1. The van der Waals surface area contributed by atoms with Crippen molar-refractivity contribution in [2.45, 2.75) is 26.7 Å². The number of hydrogen-bond donors (Lipinski definition) is 2. The van der Waals surface area contributed by atoms with Crippen LogP contribution in [0.2, 0.25) is 0 Å². The SMILES string of the molecule is CC(C)CCOc1ccc(C(=O)NCC(=O)NCCc2ccccc2)cc1. The van der Waals surface area contributed by atoms with Crippen LogP contribution in [-0.4, -0.2) is 31.5 Å². The van der Waals surface area contributed by atoms with Crippen LogP contribution in [0.1, 0.15) is 36.2 Å². The molecule has 144 valence electrons. The molecule has 0 spiro atoms. The van der Waals surface area contributed by atoms with Crippen LogP contribution in [0.5, 0.6) is 5.75 Å². The molecule has 0 aliphatic rings. The van der Waals surface area contributed by atoms with Gasteiger partial charge in [-0.1, -0.05) is 44.2 Å². The fraction of sp³-hybridized carbons (Fsp3) is 0.364. The average Bonchev–Trinajstić information content (AvgIpc) is 2.67. The minimum absolute atomic E-state index is 0.0414. The molecular formula is C22H28N2O3. The third-order valence-corrected chi connectivity index (χ3v) is 4.07. The van der Waals surface area contributed by atoms with Crippen LogP contribution < -0.4 is 15.4 Å². The molecule has 2 amide bonds.